The Morgan fingerprint density at radius 1 is 1.30 bits per heavy atom. The summed E-state index contributed by atoms with van der Waals surface area (Å²) in [4.78, 5) is 31.8. The number of piperazine rings is 1. The molecule has 0 aromatic carbocycles. The molecule has 1 aromatic rings. The molecule has 0 bridgehead atoms. The fraction of sp³-hybridized carbons (Fsp3) is 0.588. The van der Waals surface area contributed by atoms with E-state index in [4.69, 9.17) is 5.11 Å². The van der Waals surface area contributed by atoms with E-state index >= 15 is 0 Å². The van der Waals surface area contributed by atoms with Crippen molar-refractivity contribution in [3.63, 3.8) is 0 Å². The van der Waals surface area contributed by atoms with Gasteiger partial charge in [-0.3, -0.25) is 4.79 Å². The lowest BCUT2D eigenvalue weighted by Gasteiger charge is -2.40. The van der Waals surface area contributed by atoms with Crippen LogP contribution in [0.2, 0.25) is 0 Å². The molecule has 1 saturated carbocycles. The van der Waals surface area contributed by atoms with E-state index in [1.807, 2.05) is 4.90 Å². The Morgan fingerprint density at radius 3 is 2.48 bits per heavy atom. The number of carboxylic acid groups (broad SMARTS) is 1. The Kier molecular flexibility index (Phi) is 3.78. The maximum atomic E-state index is 12.5. The number of anilines is 1. The van der Waals surface area contributed by atoms with Gasteiger partial charge in [0.2, 0.25) is 5.91 Å². The lowest BCUT2D eigenvalue weighted by molar-refractivity contribution is -0.134. The van der Waals surface area contributed by atoms with Gasteiger partial charge in [-0.1, -0.05) is 13.8 Å². The predicted octanol–water partition coefficient (Wildman–Crippen LogP) is 1.86. The zero-order valence-electron chi connectivity index (χ0n) is 13.8. The van der Waals surface area contributed by atoms with Gasteiger partial charge < -0.3 is 14.9 Å². The van der Waals surface area contributed by atoms with E-state index in [1.165, 1.54) is 6.20 Å². The Morgan fingerprint density at radius 2 is 2.00 bits per heavy atom. The average Bonchev–Trinajstić information content (AvgIpc) is 3.15. The second-order valence-corrected chi connectivity index (χ2v) is 7.28. The first kappa shape index (κ1) is 15.8. The Hall–Kier alpha value is -2.11. The molecule has 2 atom stereocenters. The fourth-order valence-electron chi connectivity index (χ4n) is 3.29. The number of carbonyl (C=O) groups is 2. The molecule has 124 valence electrons. The molecule has 1 aromatic heterocycles. The molecule has 1 aliphatic carbocycles. The summed E-state index contributed by atoms with van der Waals surface area (Å²) in [6.07, 6.45) is 2.37. The number of aromatic carboxylic acids is 1. The third-order valence-electron chi connectivity index (χ3n) is 5.04. The zero-order valence-corrected chi connectivity index (χ0v) is 13.8. The number of rotatable bonds is 3. The maximum Gasteiger partial charge on any atom is 0.337 e. The molecule has 0 unspecified atom stereocenters. The Balaban J connectivity index is 1.64. The van der Waals surface area contributed by atoms with Crippen LogP contribution in [0.1, 0.15) is 37.6 Å². The number of amides is 1. The van der Waals surface area contributed by atoms with Gasteiger partial charge in [0.25, 0.3) is 0 Å². The third-order valence-corrected chi connectivity index (χ3v) is 5.04. The molecule has 6 heteroatoms. The molecule has 23 heavy (non-hydrogen) atoms. The molecule has 2 aliphatic rings. The van der Waals surface area contributed by atoms with Crippen LogP contribution < -0.4 is 4.90 Å². The van der Waals surface area contributed by atoms with Crippen molar-refractivity contribution in [1.29, 1.82) is 0 Å². The number of pyridine rings is 1. The van der Waals surface area contributed by atoms with Crippen molar-refractivity contribution >= 4 is 17.7 Å². The summed E-state index contributed by atoms with van der Waals surface area (Å²) in [6, 6.07) is 3.47. The van der Waals surface area contributed by atoms with E-state index in [2.05, 4.69) is 30.7 Å². The van der Waals surface area contributed by atoms with E-state index in [0.29, 0.717) is 13.1 Å². The number of hydrogen-bond donors (Lipinski definition) is 1. The molecular formula is C17H23N3O3. The summed E-state index contributed by atoms with van der Waals surface area (Å²) in [7, 11) is 0. The first-order chi connectivity index (χ1) is 10.8. The van der Waals surface area contributed by atoms with Crippen LogP contribution in [0.4, 0.5) is 5.82 Å². The minimum Gasteiger partial charge on any atom is -0.478 e. The topological polar surface area (TPSA) is 73.7 Å². The predicted molar refractivity (Wildman–Crippen MR) is 86.5 cm³/mol. The van der Waals surface area contributed by atoms with Crippen LogP contribution in [0.15, 0.2) is 18.3 Å². The summed E-state index contributed by atoms with van der Waals surface area (Å²) in [5, 5.41) is 8.94. The van der Waals surface area contributed by atoms with Crippen LogP contribution in [0, 0.1) is 11.3 Å². The van der Waals surface area contributed by atoms with Gasteiger partial charge in [0.15, 0.2) is 0 Å². The first-order valence-electron chi connectivity index (χ1n) is 8.04. The maximum absolute atomic E-state index is 12.5. The lowest BCUT2D eigenvalue weighted by atomic mass is 10.1. The molecular weight excluding hydrogens is 294 g/mol. The highest BCUT2D eigenvalue weighted by Crippen LogP contribution is 2.52. The number of nitrogens with zero attached hydrogens (tertiary/aromatic N) is 3. The molecule has 0 radical (unpaired) electrons. The second kappa shape index (κ2) is 5.51. The van der Waals surface area contributed by atoms with E-state index < -0.39 is 5.97 Å². The minimum atomic E-state index is -0.973. The van der Waals surface area contributed by atoms with Gasteiger partial charge in [-0.2, -0.15) is 0 Å². The van der Waals surface area contributed by atoms with E-state index in [0.717, 1.165) is 18.8 Å². The third kappa shape index (κ3) is 3.02. The first-order valence-corrected chi connectivity index (χ1v) is 8.04. The standard InChI is InChI=1S/C17H23N3O3/c1-11-10-19(15(21)13-8-17(13,2)3)6-7-20(11)14-5-4-12(9-18-14)16(22)23/h4-5,9,11,13H,6-8,10H2,1-3H3,(H,22,23)/t11-,13-/m1/s1. The monoisotopic (exact) mass is 317 g/mol. The zero-order chi connectivity index (χ0) is 16.8. The number of carboxylic acids is 1. The van der Waals surface area contributed by atoms with Crippen molar-refractivity contribution in [2.45, 2.75) is 33.2 Å². The number of carbonyl (C=O) groups excluding carboxylic acids is 1. The van der Waals surface area contributed by atoms with Crippen LogP contribution in [-0.4, -0.2) is 52.5 Å². The van der Waals surface area contributed by atoms with Crippen molar-refractivity contribution in [2.75, 3.05) is 24.5 Å². The van der Waals surface area contributed by atoms with Crippen LogP contribution in [0.3, 0.4) is 0 Å². The molecule has 3 rings (SSSR count). The van der Waals surface area contributed by atoms with Gasteiger partial charge >= 0.3 is 5.97 Å². The van der Waals surface area contributed by atoms with Crippen molar-refractivity contribution in [3.8, 4) is 0 Å². The minimum absolute atomic E-state index is 0.158. The Labute approximate surface area is 136 Å². The van der Waals surface area contributed by atoms with Gasteiger partial charge in [-0.05, 0) is 30.9 Å². The summed E-state index contributed by atoms with van der Waals surface area (Å²) >= 11 is 0. The van der Waals surface area contributed by atoms with Crippen molar-refractivity contribution in [2.24, 2.45) is 11.3 Å². The summed E-state index contributed by atoms with van der Waals surface area (Å²) in [5.41, 5.74) is 0.345. The SMILES string of the molecule is C[C@@H]1CN(C(=O)[C@H]2CC2(C)C)CCN1c1ccc(C(=O)O)cn1. The summed E-state index contributed by atoms with van der Waals surface area (Å²) in [5.74, 6) is 0.242. The summed E-state index contributed by atoms with van der Waals surface area (Å²) < 4.78 is 0. The molecule has 2 heterocycles. The summed E-state index contributed by atoms with van der Waals surface area (Å²) in [6.45, 7) is 8.46. The van der Waals surface area contributed by atoms with Gasteiger partial charge in [0.05, 0.1) is 5.56 Å². The van der Waals surface area contributed by atoms with Crippen LogP contribution in [-0.2, 0) is 4.79 Å². The smallest absolute Gasteiger partial charge is 0.337 e. The second-order valence-electron chi connectivity index (χ2n) is 7.28. The van der Waals surface area contributed by atoms with Gasteiger partial charge in [-0.25, -0.2) is 9.78 Å². The number of aromatic nitrogens is 1. The van der Waals surface area contributed by atoms with Gasteiger partial charge in [0.1, 0.15) is 5.82 Å². The molecule has 0 spiro atoms. The molecule has 1 amide bonds. The fourth-order valence-corrected chi connectivity index (χ4v) is 3.29. The van der Waals surface area contributed by atoms with Crippen LogP contribution in [0.5, 0.6) is 0 Å². The van der Waals surface area contributed by atoms with Crippen molar-refractivity contribution in [1.82, 2.24) is 9.88 Å². The van der Waals surface area contributed by atoms with Crippen molar-refractivity contribution < 1.29 is 14.7 Å². The highest BCUT2D eigenvalue weighted by Gasteiger charge is 2.52. The molecule has 6 nitrogen and oxygen atoms in total. The quantitative estimate of drug-likeness (QED) is 0.921. The highest BCUT2D eigenvalue weighted by atomic mass is 16.4. The largest absolute Gasteiger partial charge is 0.478 e. The molecule has 1 saturated heterocycles. The lowest BCUT2D eigenvalue weighted by Crippen LogP contribution is -2.54. The van der Waals surface area contributed by atoms with Gasteiger partial charge in [0, 0.05) is 37.8 Å². The van der Waals surface area contributed by atoms with E-state index in [9.17, 15) is 9.59 Å². The average molecular weight is 317 g/mol. The van der Waals surface area contributed by atoms with Crippen molar-refractivity contribution in [3.05, 3.63) is 23.9 Å². The van der Waals surface area contributed by atoms with Gasteiger partial charge in [-0.15, -0.1) is 0 Å². The van der Waals surface area contributed by atoms with Crippen LogP contribution >= 0.6 is 0 Å². The highest BCUT2D eigenvalue weighted by molar-refractivity contribution is 5.87. The number of hydrogen-bond acceptors (Lipinski definition) is 4. The molecule has 2 fully saturated rings. The molecule has 1 N–H and O–H groups in total. The normalized spacial score (nSPS) is 26.0. The van der Waals surface area contributed by atoms with E-state index in [1.54, 1.807) is 12.1 Å². The van der Waals surface area contributed by atoms with Crippen LogP contribution in [0.25, 0.3) is 0 Å². The Bertz CT molecular complexity index is 626. The molecule has 1 aliphatic heterocycles. The van der Waals surface area contributed by atoms with E-state index in [-0.39, 0.29) is 28.8 Å².